The maximum Gasteiger partial charge on any atom is 0.419 e. The molecular formula is C6H10INO2. The molecule has 1 amide bonds. The molecule has 1 saturated heterocycles. The Morgan fingerprint density at radius 2 is 1.90 bits per heavy atom. The van der Waals surface area contributed by atoms with Gasteiger partial charge in [0.2, 0.25) is 0 Å². The van der Waals surface area contributed by atoms with Crippen molar-refractivity contribution in [2.75, 3.05) is 13.1 Å². The first-order chi connectivity index (χ1) is 4.84. The van der Waals surface area contributed by atoms with E-state index in [9.17, 15) is 4.79 Å². The van der Waals surface area contributed by atoms with Gasteiger partial charge in [-0.3, -0.25) is 0 Å². The van der Waals surface area contributed by atoms with Crippen molar-refractivity contribution in [1.29, 1.82) is 0 Å². The molecule has 1 fully saturated rings. The van der Waals surface area contributed by atoms with Gasteiger partial charge in [0.05, 0.1) is 0 Å². The van der Waals surface area contributed by atoms with Crippen LogP contribution in [0.25, 0.3) is 0 Å². The maximum absolute atomic E-state index is 10.9. The lowest BCUT2D eigenvalue weighted by Gasteiger charge is -2.24. The fraction of sp³-hybridized carbons (Fsp3) is 0.833. The van der Waals surface area contributed by atoms with Gasteiger partial charge in [0.25, 0.3) is 0 Å². The highest BCUT2D eigenvalue weighted by molar-refractivity contribution is 14.1. The van der Waals surface area contributed by atoms with Crippen LogP contribution < -0.4 is 0 Å². The number of likely N-dealkylation sites (tertiary alicyclic amines) is 1. The standard InChI is InChI=1S/C6H10INO2/c7-10-6(9)8-4-2-1-3-5-8/h1-5H2. The minimum Gasteiger partial charge on any atom is -0.378 e. The molecule has 1 aliphatic rings. The van der Waals surface area contributed by atoms with Crippen molar-refractivity contribution in [3.63, 3.8) is 0 Å². The van der Waals surface area contributed by atoms with Crippen LogP contribution in [0.15, 0.2) is 0 Å². The molecular weight excluding hydrogens is 245 g/mol. The average molecular weight is 255 g/mol. The fourth-order valence-corrected chi connectivity index (χ4v) is 1.40. The van der Waals surface area contributed by atoms with Crippen LogP contribution in [-0.2, 0) is 3.07 Å². The van der Waals surface area contributed by atoms with Crippen LogP contribution in [0.5, 0.6) is 0 Å². The van der Waals surface area contributed by atoms with Gasteiger partial charge in [0.15, 0.2) is 23.0 Å². The van der Waals surface area contributed by atoms with Crippen molar-refractivity contribution in [2.24, 2.45) is 0 Å². The average Bonchev–Trinajstić information content (AvgIpc) is 2.05. The molecule has 4 heteroatoms. The molecule has 10 heavy (non-hydrogen) atoms. The minimum absolute atomic E-state index is 0.194. The second-order valence-corrected chi connectivity index (χ2v) is 2.83. The molecule has 1 rings (SSSR count). The van der Waals surface area contributed by atoms with Crippen molar-refractivity contribution in [1.82, 2.24) is 4.90 Å². The highest BCUT2D eigenvalue weighted by atomic mass is 127. The van der Waals surface area contributed by atoms with Gasteiger partial charge in [-0.15, -0.1) is 0 Å². The topological polar surface area (TPSA) is 29.5 Å². The first kappa shape index (κ1) is 8.10. The highest BCUT2D eigenvalue weighted by Crippen LogP contribution is 2.10. The molecule has 1 heterocycles. The van der Waals surface area contributed by atoms with E-state index in [4.69, 9.17) is 0 Å². The summed E-state index contributed by atoms with van der Waals surface area (Å²) in [6.07, 6.45) is 3.28. The van der Waals surface area contributed by atoms with Crippen molar-refractivity contribution in [2.45, 2.75) is 19.3 Å². The van der Waals surface area contributed by atoms with E-state index in [1.165, 1.54) is 6.42 Å². The number of amides is 1. The SMILES string of the molecule is O=C(OI)N1CCCCC1. The van der Waals surface area contributed by atoms with Crippen LogP contribution in [0.3, 0.4) is 0 Å². The van der Waals surface area contributed by atoms with E-state index in [1.54, 1.807) is 27.9 Å². The Kier molecular flexibility index (Phi) is 3.24. The number of hydrogen-bond acceptors (Lipinski definition) is 2. The molecule has 0 aromatic carbocycles. The molecule has 0 spiro atoms. The Morgan fingerprint density at radius 3 is 2.40 bits per heavy atom. The van der Waals surface area contributed by atoms with E-state index in [0.29, 0.717) is 0 Å². The summed E-state index contributed by atoms with van der Waals surface area (Å²) < 4.78 is 4.55. The Balaban J connectivity index is 2.31. The van der Waals surface area contributed by atoms with Crippen LogP contribution >= 0.6 is 23.0 Å². The lowest BCUT2D eigenvalue weighted by molar-refractivity contribution is 0.156. The Bertz CT molecular complexity index is 123. The van der Waals surface area contributed by atoms with Crippen molar-refractivity contribution in [3.8, 4) is 0 Å². The largest absolute Gasteiger partial charge is 0.419 e. The van der Waals surface area contributed by atoms with Gasteiger partial charge < -0.3 is 7.97 Å². The molecule has 0 aromatic heterocycles. The van der Waals surface area contributed by atoms with Gasteiger partial charge in [-0.05, 0) is 19.3 Å². The second kappa shape index (κ2) is 4.00. The number of piperidine rings is 1. The number of halogens is 1. The molecule has 0 saturated carbocycles. The Hall–Kier alpha value is -0.0000000000000000555. The van der Waals surface area contributed by atoms with Crippen LogP contribution in [0.2, 0.25) is 0 Å². The lowest BCUT2D eigenvalue weighted by atomic mass is 10.1. The monoisotopic (exact) mass is 255 g/mol. The van der Waals surface area contributed by atoms with Crippen molar-refractivity contribution in [3.05, 3.63) is 0 Å². The summed E-state index contributed by atoms with van der Waals surface area (Å²) in [6.45, 7) is 1.73. The van der Waals surface area contributed by atoms with Crippen LogP contribution in [0, 0.1) is 0 Å². The maximum atomic E-state index is 10.9. The third-order valence-electron chi connectivity index (χ3n) is 1.68. The molecule has 0 atom stereocenters. The van der Waals surface area contributed by atoms with Crippen LogP contribution in [0.4, 0.5) is 4.79 Å². The number of carbonyl (C=O) groups excluding carboxylic acids is 1. The van der Waals surface area contributed by atoms with Gasteiger partial charge >= 0.3 is 6.09 Å². The highest BCUT2D eigenvalue weighted by Gasteiger charge is 2.16. The van der Waals surface area contributed by atoms with E-state index in [0.717, 1.165) is 25.9 Å². The predicted molar refractivity (Wildman–Crippen MR) is 45.9 cm³/mol. The molecule has 0 aliphatic carbocycles. The van der Waals surface area contributed by atoms with Crippen LogP contribution in [-0.4, -0.2) is 24.1 Å². The molecule has 0 radical (unpaired) electrons. The van der Waals surface area contributed by atoms with E-state index in [1.807, 2.05) is 0 Å². The third-order valence-corrected chi connectivity index (χ3v) is 2.06. The molecule has 3 nitrogen and oxygen atoms in total. The normalized spacial score (nSPS) is 18.7. The van der Waals surface area contributed by atoms with Gasteiger partial charge in [-0.1, -0.05) is 0 Å². The van der Waals surface area contributed by atoms with Crippen molar-refractivity contribution < 1.29 is 7.86 Å². The zero-order chi connectivity index (χ0) is 7.40. The molecule has 0 bridgehead atoms. The van der Waals surface area contributed by atoms with E-state index in [2.05, 4.69) is 3.07 Å². The summed E-state index contributed by atoms with van der Waals surface area (Å²) in [5.41, 5.74) is 0. The molecule has 0 unspecified atom stereocenters. The summed E-state index contributed by atoms with van der Waals surface area (Å²) in [4.78, 5) is 12.6. The summed E-state index contributed by atoms with van der Waals surface area (Å²) >= 11 is 1.62. The number of rotatable bonds is 0. The summed E-state index contributed by atoms with van der Waals surface area (Å²) in [5.74, 6) is 0. The summed E-state index contributed by atoms with van der Waals surface area (Å²) in [6, 6.07) is 0. The quantitative estimate of drug-likeness (QED) is 0.619. The third kappa shape index (κ3) is 2.00. The van der Waals surface area contributed by atoms with Gasteiger partial charge in [0.1, 0.15) is 0 Å². The zero-order valence-electron chi connectivity index (χ0n) is 5.68. The lowest BCUT2D eigenvalue weighted by Crippen LogP contribution is -2.34. The molecule has 0 N–H and O–H groups in total. The van der Waals surface area contributed by atoms with E-state index in [-0.39, 0.29) is 6.09 Å². The van der Waals surface area contributed by atoms with Crippen LogP contribution in [0.1, 0.15) is 19.3 Å². The first-order valence-corrected chi connectivity index (χ1v) is 4.30. The summed E-state index contributed by atoms with van der Waals surface area (Å²) in [7, 11) is 0. The molecule has 1 aliphatic heterocycles. The molecule has 58 valence electrons. The predicted octanol–water partition coefficient (Wildman–Crippen LogP) is 1.96. The first-order valence-electron chi connectivity index (χ1n) is 3.42. The number of carbonyl (C=O) groups is 1. The summed E-state index contributed by atoms with van der Waals surface area (Å²) in [5, 5.41) is 0. The van der Waals surface area contributed by atoms with Gasteiger partial charge in [-0.25, -0.2) is 4.79 Å². The van der Waals surface area contributed by atoms with E-state index >= 15 is 0 Å². The van der Waals surface area contributed by atoms with Gasteiger partial charge in [0, 0.05) is 13.1 Å². The molecule has 0 aromatic rings. The Morgan fingerprint density at radius 1 is 1.30 bits per heavy atom. The van der Waals surface area contributed by atoms with E-state index < -0.39 is 0 Å². The van der Waals surface area contributed by atoms with Gasteiger partial charge in [-0.2, -0.15) is 0 Å². The Labute approximate surface area is 74.4 Å². The fourth-order valence-electron chi connectivity index (χ4n) is 1.13. The number of nitrogens with zero attached hydrogens (tertiary/aromatic N) is 1. The number of hydrogen-bond donors (Lipinski definition) is 0. The van der Waals surface area contributed by atoms with Crippen molar-refractivity contribution >= 4 is 29.1 Å². The minimum atomic E-state index is -0.194. The smallest absolute Gasteiger partial charge is 0.378 e. The zero-order valence-corrected chi connectivity index (χ0v) is 7.83. The second-order valence-electron chi connectivity index (χ2n) is 2.39.